The molecule has 2 unspecified atom stereocenters. The third kappa shape index (κ3) is 68.6. The van der Waals surface area contributed by atoms with Crippen LogP contribution in [0.4, 0.5) is 0 Å². The molecule has 0 rings (SSSR count). The lowest BCUT2D eigenvalue weighted by molar-refractivity contribution is -0.161. The molecule has 0 heterocycles. The average molecular weight is 1380 g/mol. The van der Waals surface area contributed by atoms with E-state index in [1.165, 1.54) is 180 Å². The van der Waals surface area contributed by atoms with Gasteiger partial charge in [0.1, 0.15) is 19.3 Å². The van der Waals surface area contributed by atoms with E-state index in [0.29, 0.717) is 25.7 Å². The molecule has 0 amide bonds. The number of phosphoric acid groups is 2. The molecular formula is C75H146O17P2. The molecule has 0 aliphatic heterocycles. The maximum Gasteiger partial charge on any atom is 0.472 e. The van der Waals surface area contributed by atoms with Crippen LogP contribution in [0.25, 0.3) is 0 Å². The van der Waals surface area contributed by atoms with Crippen molar-refractivity contribution >= 4 is 39.5 Å². The Labute approximate surface area is 575 Å². The lowest BCUT2D eigenvalue weighted by atomic mass is 10.0. The third-order valence-electron chi connectivity index (χ3n) is 17.3. The van der Waals surface area contributed by atoms with Crippen LogP contribution >= 0.6 is 15.6 Å². The monoisotopic (exact) mass is 1380 g/mol. The standard InChI is InChI=1S/C75H146O17P2/c1-65(2)51-43-35-27-19-13-9-11-15-23-31-39-47-55-72(77)85-61-70(91-74(79)57-49-41-33-24-16-12-10-14-20-28-36-44-52-66(3)4)63-89-93(81,82)87-59-69(76)60-88-94(83,84)90-64-71(92-75(80)58-50-42-34-26-18-22-30-38-46-54-68(7)8)62-86-73(78)56-48-40-32-25-17-21-29-37-45-53-67(5)6/h65-71,76H,9-64H2,1-8H3,(H,81,82)(H,83,84)/t69-,70-,71-/m1/s1. The van der Waals surface area contributed by atoms with Gasteiger partial charge in [-0.05, 0) is 49.4 Å². The Bertz CT molecular complexity index is 1850. The van der Waals surface area contributed by atoms with E-state index in [4.69, 9.17) is 37.0 Å². The second-order valence-corrected chi connectivity index (χ2v) is 31.9. The first-order chi connectivity index (χ1) is 45.1. The van der Waals surface area contributed by atoms with Crippen LogP contribution in [0.2, 0.25) is 0 Å². The number of rotatable bonds is 72. The summed E-state index contributed by atoms with van der Waals surface area (Å²) in [4.78, 5) is 72.8. The minimum Gasteiger partial charge on any atom is -0.462 e. The molecule has 17 nitrogen and oxygen atoms in total. The quantitative estimate of drug-likeness (QED) is 0.0222. The highest BCUT2D eigenvalue weighted by Crippen LogP contribution is 2.45. The van der Waals surface area contributed by atoms with Gasteiger partial charge in [-0.2, -0.15) is 0 Å². The number of hydrogen-bond donors (Lipinski definition) is 3. The molecule has 0 aromatic rings. The number of aliphatic hydroxyl groups is 1. The second kappa shape index (κ2) is 64.4. The zero-order chi connectivity index (χ0) is 69.6. The lowest BCUT2D eigenvalue weighted by Crippen LogP contribution is -2.30. The van der Waals surface area contributed by atoms with Crippen molar-refractivity contribution in [2.24, 2.45) is 23.7 Å². The number of carbonyl (C=O) groups is 4. The molecule has 0 radical (unpaired) electrons. The molecular weight excluding hydrogens is 1230 g/mol. The lowest BCUT2D eigenvalue weighted by Gasteiger charge is -2.21. The Kier molecular flexibility index (Phi) is 63.1. The van der Waals surface area contributed by atoms with Crippen molar-refractivity contribution < 1.29 is 80.2 Å². The van der Waals surface area contributed by atoms with Gasteiger partial charge in [0.25, 0.3) is 0 Å². The highest BCUT2D eigenvalue weighted by atomic mass is 31.2. The first-order valence-electron chi connectivity index (χ1n) is 38.7. The Balaban J connectivity index is 5.27. The normalized spacial score (nSPS) is 14.2. The van der Waals surface area contributed by atoms with Gasteiger partial charge in [0, 0.05) is 25.7 Å². The van der Waals surface area contributed by atoms with E-state index in [2.05, 4.69) is 55.4 Å². The summed E-state index contributed by atoms with van der Waals surface area (Å²) in [6, 6.07) is 0. The molecule has 0 aliphatic rings. The molecule has 94 heavy (non-hydrogen) atoms. The largest absolute Gasteiger partial charge is 0.472 e. The van der Waals surface area contributed by atoms with Crippen LogP contribution in [0.3, 0.4) is 0 Å². The summed E-state index contributed by atoms with van der Waals surface area (Å²) in [6.45, 7) is 14.2. The number of phosphoric ester groups is 2. The van der Waals surface area contributed by atoms with Gasteiger partial charge in [0.05, 0.1) is 26.4 Å². The van der Waals surface area contributed by atoms with Crippen LogP contribution in [0, 0.1) is 23.7 Å². The van der Waals surface area contributed by atoms with Gasteiger partial charge in [-0.25, -0.2) is 9.13 Å². The summed E-state index contributed by atoms with van der Waals surface area (Å²) in [5.74, 6) is 0.917. The average Bonchev–Trinajstić information content (AvgIpc) is 1.79. The number of ether oxygens (including phenoxy) is 4. The maximum absolute atomic E-state index is 13.1. The van der Waals surface area contributed by atoms with Crippen molar-refractivity contribution in [1.82, 2.24) is 0 Å². The highest BCUT2D eigenvalue weighted by Gasteiger charge is 2.30. The van der Waals surface area contributed by atoms with E-state index in [9.17, 15) is 43.2 Å². The molecule has 0 fully saturated rings. The summed E-state index contributed by atoms with van der Waals surface area (Å²) < 4.78 is 68.5. The number of unbranched alkanes of at least 4 members (excludes halogenated alkanes) is 38. The predicted octanol–water partition coefficient (Wildman–Crippen LogP) is 21.7. The van der Waals surface area contributed by atoms with Crippen molar-refractivity contribution in [1.29, 1.82) is 0 Å². The molecule has 0 saturated carbocycles. The van der Waals surface area contributed by atoms with E-state index in [0.717, 1.165) is 114 Å². The fourth-order valence-corrected chi connectivity index (χ4v) is 13.0. The van der Waals surface area contributed by atoms with Crippen LogP contribution in [-0.4, -0.2) is 96.7 Å². The molecule has 3 N–H and O–H groups in total. The van der Waals surface area contributed by atoms with Crippen LogP contribution in [0.15, 0.2) is 0 Å². The number of aliphatic hydroxyl groups excluding tert-OH is 1. The van der Waals surface area contributed by atoms with Gasteiger partial charge in [-0.1, -0.05) is 325 Å². The van der Waals surface area contributed by atoms with Gasteiger partial charge in [-0.3, -0.25) is 37.3 Å². The van der Waals surface area contributed by atoms with Crippen LogP contribution < -0.4 is 0 Å². The van der Waals surface area contributed by atoms with Gasteiger partial charge >= 0.3 is 39.5 Å². The van der Waals surface area contributed by atoms with Crippen molar-refractivity contribution in [2.75, 3.05) is 39.6 Å². The topological polar surface area (TPSA) is 237 Å². The predicted molar refractivity (Wildman–Crippen MR) is 381 cm³/mol. The molecule has 19 heteroatoms. The van der Waals surface area contributed by atoms with Crippen LogP contribution in [0.1, 0.15) is 376 Å². The Morgan fingerprint density at radius 1 is 0.266 bits per heavy atom. The summed E-state index contributed by atoms with van der Waals surface area (Å²) in [6.07, 6.45) is 48.5. The minimum atomic E-state index is -4.96. The Morgan fingerprint density at radius 3 is 0.660 bits per heavy atom. The van der Waals surface area contributed by atoms with Crippen molar-refractivity contribution in [3.63, 3.8) is 0 Å². The zero-order valence-corrected chi connectivity index (χ0v) is 63.4. The summed E-state index contributed by atoms with van der Waals surface area (Å²) in [5, 5.41) is 10.6. The van der Waals surface area contributed by atoms with Crippen molar-refractivity contribution in [3.05, 3.63) is 0 Å². The summed E-state index contributed by atoms with van der Waals surface area (Å²) >= 11 is 0. The van der Waals surface area contributed by atoms with Gasteiger partial charge in [-0.15, -0.1) is 0 Å². The fourth-order valence-electron chi connectivity index (χ4n) is 11.4. The molecule has 0 spiro atoms. The molecule has 0 aromatic carbocycles. The first kappa shape index (κ1) is 92.1. The molecule has 558 valence electrons. The van der Waals surface area contributed by atoms with Gasteiger partial charge < -0.3 is 33.8 Å². The van der Waals surface area contributed by atoms with Crippen molar-refractivity contribution in [2.45, 2.75) is 395 Å². The van der Waals surface area contributed by atoms with Crippen LogP contribution in [0.5, 0.6) is 0 Å². The Hall–Kier alpha value is -1.94. The van der Waals surface area contributed by atoms with E-state index >= 15 is 0 Å². The number of hydrogen-bond acceptors (Lipinski definition) is 15. The maximum atomic E-state index is 13.1. The van der Waals surface area contributed by atoms with E-state index in [-0.39, 0.29) is 25.7 Å². The fraction of sp³-hybridized carbons (Fsp3) is 0.947. The molecule has 0 aromatic heterocycles. The summed E-state index contributed by atoms with van der Waals surface area (Å²) in [7, 11) is -9.91. The first-order valence-corrected chi connectivity index (χ1v) is 41.7. The second-order valence-electron chi connectivity index (χ2n) is 28.9. The molecule has 0 aliphatic carbocycles. The minimum absolute atomic E-state index is 0.105. The molecule has 0 saturated heterocycles. The number of esters is 4. The third-order valence-corrected chi connectivity index (χ3v) is 19.2. The summed E-state index contributed by atoms with van der Waals surface area (Å²) in [5.41, 5.74) is 0. The highest BCUT2D eigenvalue weighted by molar-refractivity contribution is 7.47. The van der Waals surface area contributed by atoms with E-state index < -0.39 is 97.5 Å². The molecule has 5 atom stereocenters. The molecule has 0 bridgehead atoms. The van der Waals surface area contributed by atoms with Gasteiger partial charge in [0.15, 0.2) is 12.2 Å². The van der Waals surface area contributed by atoms with Gasteiger partial charge in [0.2, 0.25) is 0 Å². The SMILES string of the molecule is CC(C)CCCCCCCCCCCCCCC(=O)OC[C@H](COP(=O)(O)OC[C@@H](O)COP(=O)(O)OC[C@@H](COC(=O)CCCCCCCCCCCC(C)C)OC(=O)CCCCCCCCCCCC(C)C)OC(=O)CCCCCCCCCCCCCCC(C)C. The Morgan fingerprint density at radius 2 is 0.447 bits per heavy atom. The van der Waals surface area contributed by atoms with E-state index in [1.54, 1.807) is 0 Å². The smallest absolute Gasteiger partial charge is 0.462 e. The number of carbonyl (C=O) groups excluding carboxylic acids is 4. The zero-order valence-electron chi connectivity index (χ0n) is 61.6. The van der Waals surface area contributed by atoms with Crippen LogP contribution in [-0.2, 0) is 65.4 Å². The van der Waals surface area contributed by atoms with Crippen molar-refractivity contribution in [3.8, 4) is 0 Å². The van der Waals surface area contributed by atoms with E-state index in [1.807, 2.05) is 0 Å².